The van der Waals surface area contributed by atoms with Gasteiger partial charge in [0.1, 0.15) is 6.10 Å². The first-order valence-corrected chi connectivity index (χ1v) is 11.0. The zero-order chi connectivity index (χ0) is 19.1. The minimum absolute atomic E-state index is 0.147. The van der Waals surface area contributed by atoms with Crippen molar-refractivity contribution in [2.45, 2.75) is 95.9 Å². The fourth-order valence-electron chi connectivity index (χ4n) is 3.08. The van der Waals surface area contributed by atoms with Gasteiger partial charge in [-0.1, -0.05) is 39.5 Å². The Morgan fingerprint density at radius 1 is 1.08 bits per heavy atom. The zero-order valence-corrected chi connectivity index (χ0v) is 17.4. The highest BCUT2D eigenvalue weighted by atomic mass is 32.2. The van der Waals surface area contributed by atoms with Crippen LogP contribution in [-0.4, -0.2) is 56.1 Å². The molecule has 1 aliphatic heterocycles. The lowest BCUT2D eigenvalue weighted by atomic mass is 9.89. The molecule has 0 amide bonds. The van der Waals surface area contributed by atoms with Gasteiger partial charge in [0.25, 0.3) is 0 Å². The Bertz CT molecular complexity index is 401. The summed E-state index contributed by atoms with van der Waals surface area (Å²) in [5, 5.41) is 21.3. The Balaban J connectivity index is 2.64. The number of unbranched alkanes of at least 4 members (excludes halogenated alkanes) is 4. The summed E-state index contributed by atoms with van der Waals surface area (Å²) in [5.41, 5.74) is 0. The van der Waals surface area contributed by atoms with E-state index >= 15 is 0 Å². The van der Waals surface area contributed by atoms with Crippen molar-refractivity contribution in [3.05, 3.63) is 0 Å². The van der Waals surface area contributed by atoms with Crippen LogP contribution in [0.2, 0.25) is 0 Å². The fourth-order valence-corrected chi connectivity index (χ4v) is 4.19. The summed E-state index contributed by atoms with van der Waals surface area (Å²) in [6.07, 6.45) is 4.41. The van der Waals surface area contributed by atoms with E-state index in [-0.39, 0.29) is 10.5 Å². The van der Waals surface area contributed by atoms with Gasteiger partial charge in [-0.05, 0) is 27.2 Å². The number of aliphatic hydroxyl groups excluding tert-OH is 2. The molecule has 0 spiro atoms. The van der Waals surface area contributed by atoms with Crippen molar-refractivity contribution < 1.29 is 23.9 Å². The van der Waals surface area contributed by atoms with Crippen molar-refractivity contribution in [2.24, 2.45) is 5.92 Å². The SMILES string of the molecule is CCCCCCCC1([C@H](O)[C@@H](C)[C@@H](O)CS(=O)C(C)(C)C)OCCO1. The first-order chi connectivity index (χ1) is 11.6. The van der Waals surface area contributed by atoms with Crippen molar-refractivity contribution in [1.29, 1.82) is 0 Å². The molecule has 0 aromatic rings. The molecule has 0 saturated carbocycles. The third kappa shape index (κ3) is 6.90. The summed E-state index contributed by atoms with van der Waals surface area (Å²) < 4.78 is 23.5. The largest absolute Gasteiger partial charge is 0.392 e. The molecule has 1 aliphatic rings. The molecule has 4 atom stereocenters. The molecule has 1 saturated heterocycles. The standard InChI is InChI=1S/C19H38O5S/c1-6-7-8-9-10-11-19(23-12-13-24-19)17(21)15(2)16(20)14-25(22)18(3,4)5/h15-17,20-21H,6-14H2,1-5H3/t15-,16-,17+,25?/m0/s1. The molecule has 6 heteroatoms. The lowest BCUT2D eigenvalue weighted by molar-refractivity contribution is -0.242. The average Bonchev–Trinajstić information content (AvgIpc) is 3.02. The lowest BCUT2D eigenvalue weighted by Gasteiger charge is -2.37. The molecule has 1 fully saturated rings. The van der Waals surface area contributed by atoms with Crippen LogP contribution in [0.4, 0.5) is 0 Å². The first kappa shape index (κ1) is 23.0. The normalized spacial score (nSPS) is 22.5. The molecule has 150 valence electrons. The van der Waals surface area contributed by atoms with Gasteiger partial charge in [0.05, 0.1) is 25.1 Å². The molecule has 5 nitrogen and oxygen atoms in total. The van der Waals surface area contributed by atoms with Crippen LogP contribution in [-0.2, 0) is 20.3 Å². The van der Waals surface area contributed by atoms with Gasteiger partial charge in [0.15, 0.2) is 5.79 Å². The fraction of sp³-hybridized carbons (Fsp3) is 1.00. The molecule has 0 aliphatic carbocycles. The Morgan fingerprint density at radius 3 is 2.16 bits per heavy atom. The van der Waals surface area contributed by atoms with Crippen LogP contribution in [0.1, 0.15) is 73.1 Å². The van der Waals surface area contributed by atoms with Crippen molar-refractivity contribution in [3.8, 4) is 0 Å². The van der Waals surface area contributed by atoms with Gasteiger partial charge in [-0.2, -0.15) is 0 Å². The van der Waals surface area contributed by atoms with Crippen LogP contribution in [0.3, 0.4) is 0 Å². The average molecular weight is 379 g/mol. The zero-order valence-electron chi connectivity index (χ0n) is 16.6. The number of hydrogen-bond donors (Lipinski definition) is 2. The maximum atomic E-state index is 12.3. The summed E-state index contributed by atoms with van der Waals surface area (Å²) in [4.78, 5) is 0. The van der Waals surface area contributed by atoms with E-state index in [1.54, 1.807) is 6.92 Å². The van der Waals surface area contributed by atoms with E-state index in [4.69, 9.17) is 9.47 Å². The molecular formula is C19H38O5S. The first-order valence-electron chi connectivity index (χ1n) is 9.66. The van der Waals surface area contributed by atoms with Gasteiger partial charge in [-0.3, -0.25) is 4.21 Å². The highest BCUT2D eigenvalue weighted by Gasteiger charge is 2.47. The van der Waals surface area contributed by atoms with Crippen molar-refractivity contribution in [1.82, 2.24) is 0 Å². The highest BCUT2D eigenvalue weighted by Crippen LogP contribution is 2.34. The van der Waals surface area contributed by atoms with Gasteiger partial charge in [-0.15, -0.1) is 0 Å². The number of hydrogen-bond acceptors (Lipinski definition) is 5. The Morgan fingerprint density at radius 2 is 1.64 bits per heavy atom. The molecule has 1 heterocycles. The summed E-state index contributed by atoms with van der Waals surface area (Å²) in [5.74, 6) is -1.36. The van der Waals surface area contributed by atoms with Gasteiger partial charge < -0.3 is 19.7 Å². The Hall–Kier alpha value is -0.0100. The van der Waals surface area contributed by atoms with E-state index in [0.717, 1.165) is 12.8 Å². The van der Waals surface area contributed by atoms with Crippen LogP contribution in [0.5, 0.6) is 0 Å². The quantitative estimate of drug-likeness (QED) is 0.541. The Labute approximate surface area is 155 Å². The second kappa shape index (κ2) is 10.4. The molecule has 0 aromatic carbocycles. The minimum Gasteiger partial charge on any atom is -0.392 e. The topological polar surface area (TPSA) is 76.0 Å². The molecule has 25 heavy (non-hydrogen) atoms. The molecule has 1 unspecified atom stereocenters. The van der Waals surface area contributed by atoms with Crippen LogP contribution in [0.25, 0.3) is 0 Å². The molecule has 2 N–H and O–H groups in total. The third-order valence-corrected chi connectivity index (χ3v) is 6.98. The van der Waals surface area contributed by atoms with E-state index in [1.165, 1.54) is 19.3 Å². The summed E-state index contributed by atoms with van der Waals surface area (Å²) in [6.45, 7) is 10.5. The molecule has 1 rings (SSSR count). The van der Waals surface area contributed by atoms with Gasteiger partial charge in [-0.25, -0.2) is 0 Å². The van der Waals surface area contributed by atoms with Crippen LogP contribution >= 0.6 is 0 Å². The smallest absolute Gasteiger partial charge is 0.194 e. The number of aliphatic hydroxyl groups is 2. The van der Waals surface area contributed by atoms with Crippen molar-refractivity contribution in [3.63, 3.8) is 0 Å². The molecule has 0 aromatic heterocycles. The lowest BCUT2D eigenvalue weighted by Crippen LogP contribution is -2.51. The van der Waals surface area contributed by atoms with E-state index in [9.17, 15) is 14.4 Å². The predicted octanol–water partition coefficient (Wildman–Crippen LogP) is 3.00. The van der Waals surface area contributed by atoms with Crippen molar-refractivity contribution >= 4 is 10.8 Å². The molecule has 0 radical (unpaired) electrons. The van der Waals surface area contributed by atoms with Crippen molar-refractivity contribution in [2.75, 3.05) is 19.0 Å². The van der Waals surface area contributed by atoms with Gasteiger partial charge in [0.2, 0.25) is 0 Å². The number of rotatable bonds is 11. The second-order valence-corrected chi connectivity index (χ2v) is 10.4. The second-order valence-electron chi connectivity index (χ2n) is 8.17. The minimum atomic E-state index is -1.17. The molecule has 0 bridgehead atoms. The maximum absolute atomic E-state index is 12.3. The van der Waals surface area contributed by atoms with Crippen LogP contribution in [0, 0.1) is 5.92 Å². The van der Waals surface area contributed by atoms with E-state index in [2.05, 4.69) is 6.92 Å². The van der Waals surface area contributed by atoms with E-state index in [0.29, 0.717) is 19.6 Å². The van der Waals surface area contributed by atoms with Crippen LogP contribution < -0.4 is 0 Å². The predicted molar refractivity (Wildman–Crippen MR) is 102 cm³/mol. The number of ether oxygens (including phenoxy) is 2. The van der Waals surface area contributed by atoms with E-state index in [1.807, 2.05) is 20.8 Å². The van der Waals surface area contributed by atoms with Crippen LogP contribution in [0.15, 0.2) is 0 Å². The van der Waals surface area contributed by atoms with Gasteiger partial charge in [0, 0.05) is 27.9 Å². The summed E-state index contributed by atoms with van der Waals surface area (Å²) >= 11 is 0. The third-order valence-electron chi connectivity index (χ3n) is 4.97. The highest BCUT2D eigenvalue weighted by molar-refractivity contribution is 7.86. The molecular weight excluding hydrogens is 340 g/mol. The van der Waals surface area contributed by atoms with E-state index < -0.39 is 34.7 Å². The monoisotopic (exact) mass is 378 g/mol. The summed E-state index contributed by atoms with van der Waals surface area (Å²) in [6, 6.07) is 0. The maximum Gasteiger partial charge on any atom is 0.194 e. The summed E-state index contributed by atoms with van der Waals surface area (Å²) in [7, 11) is -1.17. The Kier molecular flexibility index (Phi) is 9.54. The van der Waals surface area contributed by atoms with Gasteiger partial charge >= 0.3 is 0 Å².